The summed E-state index contributed by atoms with van der Waals surface area (Å²) in [4.78, 5) is 11.9. The van der Waals surface area contributed by atoms with Gasteiger partial charge in [0.15, 0.2) is 0 Å². The number of halogens is 1. The predicted molar refractivity (Wildman–Crippen MR) is 95.0 cm³/mol. The number of ether oxygens (including phenoxy) is 1. The van der Waals surface area contributed by atoms with Gasteiger partial charge in [-0.15, -0.1) is 10.2 Å². The minimum atomic E-state index is -0.367. The summed E-state index contributed by atoms with van der Waals surface area (Å²) >= 11 is 4.52. The average molecular weight is 405 g/mol. The fourth-order valence-electron chi connectivity index (χ4n) is 1.94. The molecule has 0 aliphatic carbocycles. The molecule has 0 spiro atoms. The van der Waals surface area contributed by atoms with Crippen LogP contribution in [0, 0.1) is 6.92 Å². The van der Waals surface area contributed by atoms with Gasteiger partial charge < -0.3 is 9.15 Å². The van der Waals surface area contributed by atoms with Gasteiger partial charge in [0.25, 0.3) is 5.22 Å². The van der Waals surface area contributed by atoms with Crippen LogP contribution in [-0.2, 0) is 4.79 Å². The summed E-state index contributed by atoms with van der Waals surface area (Å²) in [5.41, 5.74) is 1.85. The van der Waals surface area contributed by atoms with Gasteiger partial charge in [-0.1, -0.05) is 39.8 Å². The largest absolute Gasteiger partial charge is 0.426 e. The van der Waals surface area contributed by atoms with Crippen molar-refractivity contribution in [3.05, 3.63) is 58.6 Å². The number of esters is 1. The zero-order valence-electron chi connectivity index (χ0n) is 12.7. The molecule has 0 unspecified atom stereocenters. The minimum absolute atomic E-state index is 0.0932. The smallest absolute Gasteiger partial charge is 0.321 e. The highest BCUT2D eigenvalue weighted by molar-refractivity contribution is 9.10. The van der Waals surface area contributed by atoms with E-state index in [2.05, 4.69) is 26.1 Å². The molecule has 0 fully saturated rings. The maximum Gasteiger partial charge on any atom is 0.321 e. The molecule has 0 aliphatic rings. The van der Waals surface area contributed by atoms with E-state index < -0.39 is 0 Å². The maximum atomic E-state index is 11.9. The summed E-state index contributed by atoms with van der Waals surface area (Å²) in [5, 5.41) is 8.25. The highest BCUT2D eigenvalue weighted by Gasteiger charge is 2.12. The summed E-state index contributed by atoms with van der Waals surface area (Å²) < 4.78 is 11.8. The molecule has 0 radical (unpaired) electrons. The van der Waals surface area contributed by atoms with Gasteiger partial charge in [0, 0.05) is 10.0 Å². The van der Waals surface area contributed by atoms with Crippen LogP contribution < -0.4 is 4.74 Å². The van der Waals surface area contributed by atoms with Crippen LogP contribution in [0.15, 0.2) is 62.6 Å². The van der Waals surface area contributed by atoms with Crippen molar-refractivity contribution >= 4 is 33.7 Å². The Bertz CT molecular complexity index is 849. The molecule has 0 saturated heterocycles. The van der Waals surface area contributed by atoms with Crippen molar-refractivity contribution in [3.63, 3.8) is 0 Å². The molecule has 3 rings (SSSR count). The van der Waals surface area contributed by atoms with Crippen molar-refractivity contribution in [2.24, 2.45) is 0 Å². The molecule has 0 aliphatic heterocycles. The Labute approximate surface area is 151 Å². The van der Waals surface area contributed by atoms with Crippen molar-refractivity contribution in [3.8, 4) is 17.2 Å². The second kappa shape index (κ2) is 7.63. The molecule has 24 heavy (non-hydrogen) atoms. The quantitative estimate of drug-likeness (QED) is 0.354. The molecule has 0 amide bonds. The Hall–Kier alpha value is -2.12. The molecule has 0 bridgehead atoms. The second-order valence-electron chi connectivity index (χ2n) is 4.96. The molecule has 0 N–H and O–H groups in total. The number of carbonyl (C=O) groups excluding carboxylic acids is 1. The summed E-state index contributed by atoms with van der Waals surface area (Å²) in [5.74, 6) is 0.670. The highest BCUT2D eigenvalue weighted by atomic mass is 79.9. The van der Waals surface area contributed by atoms with Crippen molar-refractivity contribution in [2.75, 3.05) is 5.75 Å². The Morgan fingerprint density at radius 3 is 2.75 bits per heavy atom. The van der Waals surface area contributed by atoms with Crippen molar-refractivity contribution in [2.45, 2.75) is 12.1 Å². The van der Waals surface area contributed by atoms with Crippen LogP contribution in [0.2, 0.25) is 0 Å². The van der Waals surface area contributed by atoms with Crippen LogP contribution in [0.25, 0.3) is 11.5 Å². The third kappa shape index (κ3) is 4.46. The van der Waals surface area contributed by atoms with Gasteiger partial charge in [0.05, 0.1) is 0 Å². The Kier molecular flexibility index (Phi) is 5.32. The van der Waals surface area contributed by atoms with Gasteiger partial charge >= 0.3 is 5.97 Å². The van der Waals surface area contributed by atoms with Gasteiger partial charge in [0.2, 0.25) is 5.89 Å². The van der Waals surface area contributed by atoms with Crippen molar-refractivity contribution in [1.82, 2.24) is 10.2 Å². The molecule has 1 aromatic heterocycles. The minimum Gasteiger partial charge on any atom is -0.426 e. The first-order valence-electron chi connectivity index (χ1n) is 7.10. The maximum absolute atomic E-state index is 11.9. The van der Waals surface area contributed by atoms with E-state index in [4.69, 9.17) is 9.15 Å². The van der Waals surface area contributed by atoms with Crippen molar-refractivity contribution in [1.29, 1.82) is 0 Å². The SMILES string of the molecule is Cc1cccc(OC(=O)CSc2nnc(-c3ccc(Br)cc3)o2)c1. The van der Waals surface area contributed by atoms with Crippen LogP contribution in [0.1, 0.15) is 5.56 Å². The normalized spacial score (nSPS) is 10.6. The highest BCUT2D eigenvalue weighted by Crippen LogP contribution is 2.24. The molecule has 7 heteroatoms. The number of carbonyl (C=O) groups is 1. The molecule has 122 valence electrons. The zero-order chi connectivity index (χ0) is 16.9. The van der Waals surface area contributed by atoms with Gasteiger partial charge in [-0.3, -0.25) is 4.79 Å². The standard InChI is InChI=1S/C17H13BrN2O3S/c1-11-3-2-4-14(9-11)22-15(21)10-24-17-20-19-16(23-17)12-5-7-13(18)8-6-12/h2-9H,10H2,1H3. The lowest BCUT2D eigenvalue weighted by Crippen LogP contribution is -2.10. The number of benzene rings is 2. The summed E-state index contributed by atoms with van der Waals surface area (Å²) in [6.07, 6.45) is 0. The van der Waals surface area contributed by atoms with Crippen LogP contribution >= 0.6 is 27.7 Å². The van der Waals surface area contributed by atoms with E-state index in [1.54, 1.807) is 12.1 Å². The summed E-state index contributed by atoms with van der Waals surface area (Å²) in [6.45, 7) is 1.94. The van der Waals surface area contributed by atoms with Crippen LogP contribution in [-0.4, -0.2) is 21.9 Å². The van der Waals surface area contributed by atoms with E-state index in [0.29, 0.717) is 16.9 Å². The van der Waals surface area contributed by atoms with E-state index in [9.17, 15) is 4.79 Å². The van der Waals surface area contributed by atoms with E-state index >= 15 is 0 Å². The van der Waals surface area contributed by atoms with Gasteiger partial charge in [-0.2, -0.15) is 0 Å². The number of nitrogens with zero attached hydrogens (tertiary/aromatic N) is 2. The van der Waals surface area contributed by atoms with Crippen LogP contribution in [0.5, 0.6) is 5.75 Å². The topological polar surface area (TPSA) is 65.2 Å². The van der Waals surface area contributed by atoms with E-state index in [1.165, 1.54) is 0 Å². The van der Waals surface area contributed by atoms with E-state index in [-0.39, 0.29) is 11.7 Å². The lowest BCUT2D eigenvalue weighted by molar-refractivity contribution is -0.131. The zero-order valence-corrected chi connectivity index (χ0v) is 15.1. The average Bonchev–Trinajstić information content (AvgIpc) is 3.03. The van der Waals surface area contributed by atoms with Crippen LogP contribution in [0.4, 0.5) is 0 Å². The Balaban J connectivity index is 1.57. The van der Waals surface area contributed by atoms with E-state index in [1.807, 2.05) is 43.3 Å². The third-order valence-corrected chi connectivity index (χ3v) is 4.35. The first kappa shape index (κ1) is 16.7. The lowest BCUT2D eigenvalue weighted by Gasteiger charge is -2.03. The first-order valence-corrected chi connectivity index (χ1v) is 8.87. The van der Waals surface area contributed by atoms with Crippen molar-refractivity contribution < 1.29 is 13.9 Å². The fraction of sp³-hybridized carbons (Fsp3) is 0.118. The molecular weight excluding hydrogens is 392 g/mol. The molecular formula is C17H13BrN2O3S. The number of aromatic nitrogens is 2. The van der Waals surface area contributed by atoms with Gasteiger partial charge in [-0.25, -0.2) is 0 Å². The first-order chi connectivity index (χ1) is 11.6. The lowest BCUT2D eigenvalue weighted by atomic mass is 10.2. The van der Waals surface area contributed by atoms with E-state index in [0.717, 1.165) is 27.4 Å². The van der Waals surface area contributed by atoms with Gasteiger partial charge in [-0.05, 0) is 48.9 Å². The molecule has 1 heterocycles. The number of thioether (sulfide) groups is 1. The Morgan fingerprint density at radius 1 is 1.21 bits per heavy atom. The second-order valence-corrected chi connectivity index (χ2v) is 6.80. The van der Waals surface area contributed by atoms with Crippen LogP contribution in [0.3, 0.4) is 0 Å². The summed E-state index contributed by atoms with van der Waals surface area (Å²) in [6, 6.07) is 14.9. The molecule has 3 aromatic rings. The molecule has 5 nitrogen and oxygen atoms in total. The Morgan fingerprint density at radius 2 is 2.00 bits per heavy atom. The predicted octanol–water partition coefficient (Wildman–Crippen LogP) is 4.51. The number of aryl methyl sites for hydroxylation is 1. The molecule has 0 saturated carbocycles. The van der Waals surface area contributed by atoms with Gasteiger partial charge in [0.1, 0.15) is 11.5 Å². The third-order valence-electron chi connectivity index (χ3n) is 3.03. The number of hydrogen-bond donors (Lipinski definition) is 0. The number of rotatable bonds is 5. The fourth-order valence-corrected chi connectivity index (χ4v) is 2.74. The number of hydrogen-bond acceptors (Lipinski definition) is 6. The summed E-state index contributed by atoms with van der Waals surface area (Å²) in [7, 11) is 0. The molecule has 0 atom stereocenters. The molecule has 2 aromatic carbocycles. The monoisotopic (exact) mass is 404 g/mol.